The summed E-state index contributed by atoms with van der Waals surface area (Å²) in [7, 11) is 0. The fourth-order valence-corrected chi connectivity index (χ4v) is 2.23. The molecule has 2 aromatic rings. The summed E-state index contributed by atoms with van der Waals surface area (Å²) in [6, 6.07) is 14.5. The van der Waals surface area contributed by atoms with Gasteiger partial charge >= 0.3 is 0 Å². The van der Waals surface area contributed by atoms with E-state index < -0.39 is 6.10 Å². The van der Waals surface area contributed by atoms with Crippen molar-refractivity contribution in [3.63, 3.8) is 0 Å². The summed E-state index contributed by atoms with van der Waals surface area (Å²) in [5.74, 6) is 0.418. The Morgan fingerprint density at radius 2 is 1.86 bits per heavy atom. The standard InChI is InChI=1S/C17H17Cl2NO2/c1-12(22-16-4-2-3-15(19)11-16)17(21)20-10-9-13-5-7-14(18)8-6-13/h2-8,11-12H,9-10H2,1H3,(H,20,21)/t12-/m1/s1. The molecule has 0 aliphatic heterocycles. The zero-order chi connectivity index (χ0) is 15.9. The highest BCUT2D eigenvalue weighted by Gasteiger charge is 2.14. The van der Waals surface area contributed by atoms with E-state index >= 15 is 0 Å². The van der Waals surface area contributed by atoms with Crippen molar-refractivity contribution in [2.75, 3.05) is 6.54 Å². The van der Waals surface area contributed by atoms with Gasteiger partial charge in [0.15, 0.2) is 6.10 Å². The van der Waals surface area contributed by atoms with Crippen LogP contribution in [-0.2, 0) is 11.2 Å². The molecule has 2 aromatic carbocycles. The first-order valence-corrected chi connectivity index (χ1v) is 7.74. The summed E-state index contributed by atoms with van der Waals surface area (Å²) < 4.78 is 5.56. The summed E-state index contributed by atoms with van der Waals surface area (Å²) in [6.45, 7) is 2.25. The Balaban J connectivity index is 1.77. The lowest BCUT2D eigenvalue weighted by Crippen LogP contribution is -2.37. The minimum Gasteiger partial charge on any atom is -0.481 e. The number of halogens is 2. The highest BCUT2D eigenvalue weighted by Crippen LogP contribution is 2.18. The predicted molar refractivity (Wildman–Crippen MR) is 89.7 cm³/mol. The summed E-state index contributed by atoms with van der Waals surface area (Å²) >= 11 is 11.7. The van der Waals surface area contributed by atoms with E-state index in [2.05, 4.69) is 5.32 Å². The molecule has 116 valence electrons. The van der Waals surface area contributed by atoms with Crippen molar-refractivity contribution in [2.45, 2.75) is 19.4 Å². The molecular weight excluding hydrogens is 321 g/mol. The zero-order valence-electron chi connectivity index (χ0n) is 12.2. The van der Waals surface area contributed by atoms with Crippen LogP contribution in [0.3, 0.4) is 0 Å². The molecule has 1 N–H and O–H groups in total. The van der Waals surface area contributed by atoms with E-state index in [9.17, 15) is 4.79 Å². The summed E-state index contributed by atoms with van der Waals surface area (Å²) in [5.41, 5.74) is 1.12. The predicted octanol–water partition coefficient (Wildman–Crippen LogP) is 4.12. The van der Waals surface area contributed by atoms with Gasteiger partial charge in [-0.15, -0.1) is 0 Å². The summed E-state index contributed by atoms with van der Waals surface area (Å²) in [6.07, 6.45) is 0.163. The Hall–Kier alpha value is -1.71. The molecule has 1 atom stereocenters. The van der Waals surface area contributed by atoms with Crippen LogP contribution in [0.1, 0.15) is 12.5 Å². The molecule has 0 heterocycles. The number of hydrogen-bond acceptors (Lipinski definition) is 2. The molecule has 2 rings (SSSR count). The van der Waals surface area contributed by atoms with Crippen molar-refractivity contribution >= 4 is 29.1 Å². The first-order valence-electron chi connectivity index (χ1n) is 6.99. The monoisotopic (exact) mass is 337 g/mol. The number of hydrogen-bond donors (Lipinski definition) is 1. The van der Waals surface area contributed by atoms with E-state index in [1.165, 1.54) is 0 Å². The molecule has 1 amide bonds. The molecule has 3 nitrogen and oxygen atoms in total. The van der Waals surface area contributed by atoms with Gasteiger partial charge in [0.2, 0.25) is 0 Å². The second-order valence-corrected chi connectivity index (χ2v) is 5.76. The molecule has 22 heavy (non-hydrogen) atoms. The lowest BCUT2D eigenvalue weighted by molar-refractivity contribution is -0.127. The van der Waals surface area contributed by atoms with Crippen molar-refractivity contribution in [1.82, 2.24) is 5.32 Å². The van der Waals surface area contributed by atoms with Crippen molar-refractivity contribution in [3.05, 3.63) is 64.1 Å². The maximum Gasteiger partial charge on any atom is 0.260 e. The van der Waals surface area contributed by atoms with Gasteiger partial charge in [0.1, 0.15) is 5.75 Å². The SMILES string of the molecule is C[C@@H](Oc1cccc(Cl)c1)C(=O)NCCc1ccc(Cl)cc1. The Bertz CT molecular complexity index is 629. The van der Waals surface area contributed by atoms with Gasteiger partial charge in [0.25, 0.3) is 5.91 Å². The van der Waals surface area contributed by atoms with Crippen LogP contribution in [0.25, 0.3) is 0 Å². The lowest BCUT2D eigenvalue weighted by Gasteiger charge is -2.15. The van der Waals surface area contributed by atoms with Crippen molar-refractivity contribution in [2.24, 2.45) is 0 Å². The highest BCUT2D eigenvalue weighted by molar-refractivity contribution is 6.30. The van der Waals surface area contributed by atoms with E-state index in [1.807, 2.05) is 24.3 Å². The van der Waals surface area contributed by atoms with Crippen molar-refractivity contribution in [1.29, 1.82) is 0 Å². The van der Waals surface area contributed by atoms with Crippen LogP contribution < -0.4 is 10.1 Å². The molecule has 0 bridgehead atoms. The lowest BCUT2D eigenvalue weighted by atomic mass is 10.1. The molecule has 0 fully saturated rings. The van der Waals surface area contributed by atoms with Gasteiger partial charge in [-0.3, -0.25) is 4.79 Å². The molecule has 0 radical (unpaired) electrons. The number of benzene rings is 2. The smallest absolute Gasteiger partial charge is 0.260 e. The summed E-state index contributed by atoms with van der Waals surface area (Å²) in [5, 5.41) is 4.13. The molecule has 0 aliphatic rings. The average Bonchev–Trinajstić information content (AvgIpc) is 2.49. The number of ether oxygens (including phenoxy) is 1. The largest absolute Gasteiger partial charge is 0.481 e. The van der Waals surface area contributed by atoms with Gasteiger partial charge in [-0.25, -0.2) is 0 Å². The number of amides is 1. The Morgan fingerprint density at radius 3 is 2.55 bits per heavy atom. The third kappa shape index (κ3) is 5.24. The van der Waals surface area contributed by atoms with Crippen LogP contribution in [0.4, 0.5) is 0 Å². The van der Waals surface area contributed by atoms with Crippen LogP contribution in [0.15, 0.2) is 48.5 Å². The Kier molecular flexibility index (Phi) is 6.10. The first kappa shape index (κ1) is 16.7. The molecule has 0 saturated heterocycles. The quantitative estimate of drug-likeness (QED) is 0.860. The number of carbonyl (C=O) groups is 1. The van der Waals surface area contributed by atoms with Crippen LogP contribution in [0, 0.1) is 0 Å². The number of carbonyl (C=O) groups excluding carboxylic acids is 1. The van der Waals surface area contributed by atoms with E-state index in [0.29, 0.717) is 22.3 Å². The maximum atomic E-state index is 12.0. The molecular formula is C17H17Cl2NO2. The van der Waals surface area contributed by atoms with Gasteiger partial charge in [-0.1, -0.05) is 41.4 Å². The number of rotatable bonds is 6. The average molecular weight is 338 g/mol. The van der Waals surface area contributed by atoms with Gasteiger partial charge in [0, 0.05) is 16.6 Å². The molecule has 0 saturated carbocycles. The Labute approximate surface area is 140 Å². The maximum absolute atomic E-state index is 12.0. The minimum atomic E-state index is -0.580. The van der Waals surface area contributed by atoms with Crippen LogP contribution in [0.2, 0.25) is 10.0 Å². The highest BCUT2D eigenvalue weighted by atomic mass is 35.5. The third-order valence-corrected chi connectivity index (χ3v) is 3.59. The van der Waals surface area contributed by atoms with E-state index in [0.717, 1.165) is 12.0 Å². The van der Waals surface area contributed by atoms with E-state index in [-0.39, 0.29) is 5.91 Å². The third-order valence-electron chi connectivity index (χ3n) is 3.10. The van der Waals surface area contributed by atoms with E-state index in [4.69, 9.17) is 27.9 Å². The molecule has 0 aliphatic carbocycles. The van der Waals surface area contributed by atoms with Crippen molar-refractivity contribution < 1.29 is 9.53 Å². The van der Waals surface area contributed by atoms with Gasteiger partial charge in [0.05, 0.1) is 0 Å². The van der Waals surface area contributed by atoms with Gasteiger partial charge < -0.3 is 10.1 Å². The molecule has 0 unspecified atom stereocenters. The fraction of sp³-hybridized carbons (Fsp3) is 0.235. The van der Waals surface area contributed by atoms with Crippen LogP contribution in [-0.4, -0.2) is 18.6 Å². The zero-order valence-corrected chi connectivity index (χ0v) is 13.7. The molecule has 0 spiro atoms. The summed E-state index contributed by atoms with van der Waals surface area (Å²) in [4.78, 5) is 12.0. The second-order valence-electron chi connectivity index (χ2n) is 4.88. The minimum absolute atomic E-state index is 0.158. The van der Waals surface area contributed by atoms with Gasteiger partial charge in [-0.2, -0.15) is 0 Å². The Morgan fingerprint density at radius 1 is 1.14 bits per heavy atom. The van der Waals surface area contributed by atoms with Gasteiger partial charge in [-0.05, 0) is 49.2 Å². The molecule has 0 aromatic heterocycles. The van der Waals surface area contributed by atoms with Crippen LogP contribution >= 0.6 is 23.2 Å². The topological polar surface area (TPSA) is 38.3 Å². The normalized spacial score (nSPS) is 11.8. The fourth-order valence-electron chi connectivity index (χ4n) is 1.92. The molecule has 5 heteroatoms. The van der Waals surface area contributed by atoms with E-state index in [1.54, 1.807) is 31.2 Å². The van der Waals surface area contributed by atoms with Crippen LogP contribution in [0.5, 0.6) is 5.75 Å². The van der Waals surface area contributed by atoms with Crippen molar-refractivity contribution in [3.8, 4) is 5.75 Å². The number of nitrogens with one attached hydrogen (secondary N) is 1. The first-order chi connectivity index (χ1) is 10.5. The second kappa shape index (κ2) is 8.06.